The number of carbonyl (C=O) groups excluding carboxylic acids is 1. The van der Waals surface area contributed by atoms with E-state index in [0.29, 0.717) is 44.2 Å². The smallest absolute Gasteiger partial charge is 0.381 e. The van der Waals surface area contributed by atoms with Gasteiger partial charge in [0.05, 0.1) is 12.0 Å². The number of anilines is 1. The maximum Gasteiger partial charge on any atom is 0.433 e. The van der Waals surface area contributed by atoms with E-state index in [2.05, 4.69) is 36.1 Å². The van der Waals surface area contributed by atoms with Gasteiger partial charge in [-0.25, -0.2) is 9.97 Å². The van der Waals surface area contributed by atoms with Crippen LogP contribution >= 0.6 is 0 Å². The van der Waals surface area contributed by atoms with Crippen LogP contribution in [0.1, 0.15) is 52.1 Å². The molecular formula is C24H36F3N5O2. The highest BCUT2D eigenvalue weighted by Gasteiger charge is 2.50. The number of ether oxygens (including phenoxy) is 1. The summed E-state index contributed by atoms with van der Waals surface area (Å²) in [7, 11) is 0. The Morgan fingerprint density at radius 1 is 1.21 bits per heavy atom. The predicted molar refractivity (Wildman–Crippen MR) is 122 cm³/mol. The molecule has 3 aliphatic rings. The fourth-order valence-corrected chi connectivity index (χ4v) is 5.74. The molecule has 0 aromatic carbocycles. The molecule has 0 radical (unpaired) electrons. The van der Waals surface area contributed by atoms with Crippen molar-refractivity contribution in [2.45, 2.75) is 64.7 Å². The van der Waals surface area contributed by atoms with Gasteiger partial charge in [0, 0.05) is 50.9 Å². The van der Waals surface area contributed by atoms with Crippen molar-refractivity contribution < 1.29 is 22.7 Å². The fraction of sp³-hybridized carbons (Fsp3) is 0.792. The van der Waals surface area contributed by atoms with Gasteiger partial charge in [0.25, 0.3) is 0 Å². The van der Waals surface area contributed by atoms with E-state index in [9.17, 15) is 18.0 Å². The molecule has 190 valence electrons. The lowest BCUT2D eigenvalue weighted by Gasteiger charge is -2.42. The normalized spacial score (nSPS) is 30.7. The molecule has 1 aromatic heterocycles. The van der Waals surface area contributed by atoms with Gasteiger partial charge in [-0.2, -0.15) is 13.2 Å². The number of hydrogen-bond donors (Lipinski definition) is 1. The summed E-state index contributed by atoms with van der Waals surface area (Å²) in [6.07, 6.45) is 0.119. The van der Waals surface area contributed by atoms with Crippen LogP contribution in [0.3, 0.4) is 0 Å². The summed E-state index contributed by atoms with van der Waals surface area (Å²) >= 11 is 0. The molecule has 3 fully saturated rings. The largest absolute Gasteiger partial charge is 0.433 e. The average Bonchev–Trinajstić information content (AvgIpc) is 3.25. The van der Waals surface area contributed by atoms with E-state index in [1.165, 1.54) is 0 Å². The molecule has 34 heavy (non-hydrogen) atoms. The van der Waals surface area contributed by atoms with E-state index in [-0.39, 0.29) is 17.6 Å². The molecule has 2 aliphatic heterocycles. The summed E-state index contributed by atoms with van der Waals surface area (Å²) in [5.74, 6) is 1.12. The maximum atomic E-state index is 13.8. The Morgan fingerprint density at radius 3 is 2.59 bits per heavy atom. The number of amides is 1. The molecule has 4 rings (SSSR count). The number of nitrogens with one attached hydrogen (secondary N) is 1. The summed E-state index contributed by atoms with van der Waals surface area (Å²) in [4.78, 5) is 24.9. The Kier molecular flexibility index (Phi) is 7.38. The van der Waals surface area contributed by atoms with Crippen LogP contribution in [0.25, 0.3) is 0 Å². The van der Waals surface area contributed by atoms with Crippen LogP contribution in [0.4, 0.5) is 19.0 Å². The Bertz CT molecular complexity index is 859. The van der Waals surface area contributed by atoms with Crippen molar-refractivity contribution in [3.05, 3.63) is 18.1 Å². The molecular weight excluding hydrogens is 447 g/mol. The van der Waals surface area contributed by atoms with E-state index in [1.54, 1.807) is 4.90 Å². The Morgan fingerprint density at radius 2 is 1.94 bits per heavy atom. The van der Waals surface area contributed by atoms with Crippen LogP contribution in [-0.2, 0) is 15.7 Å². The molecule has 10 heteroatoms. The van der Waals surface area contributed by atoms with Gasteiger partial charge in [-0.1, -0.05) is 20.8 Å². The number of aromatic nitrogens is 2. The van der Waals surface area contributed by atoms with E-state index < -0.39 is 17.3 Å². The number of hydrogen-bond acceptors (Lipinski definition) is 6. The third kappa shape index (κ3) is 5.17. The van der Waals surface area contributed by atoms with Crippen molar-refractivity contribution in [3.63, 3.8) is 0 Å². The second-order valence-corrected chi connectivity index (χ2v) is 10.4. The van der Waals surface area contributed by atoms with Gasteiger partial charge in [-0.05, 0) is 37.5 Å². The van der Waals surface area contributed by atoms with Crippen LogP contribution in [0, 0.1) is 17.3 Å². The van der Waals surface area contributed by atoms with Crippen molar-refractivity contribution in [2.24, 2.45) is 17.3 Å². The highest BCUT2D eigenvalue weighted by atomic mass is 19.4. The molecule has 1 aliphatic carbocycles. The van der Waals surface area contributed by atoms with Crippen molar-refractivity contribution in [1.29, 1.82) is 0 Å². The number of rotatable bonds is 5. The number of halogens is 3. The molecule has 0 bridgehead atoms. The van der Waals surface area contributed by atoms with Gasteiger partial charge >= 0.3 is 6.18 Å². The van der Waals surface area contributed by atoms with Gasteiger partial charge < -0.3 is 19.9 Å². The predicted octanol–water partition coefficient (Wildman–Crippen LogP) is 3.35. The highest BCUT2D eigenvalue weighted by Crippen LogP contribution is 2.46. The van der Waals surface area contributed by atoms with Gasteiger partial charge in [0.2, 0.25) is 5.91 Å². The van der Waals surface area contributed by atoms with Crippen molar-refractivity contribution in [2.75, 3.05) is 44.3 Å². The van der Waals surface area contributed by atoms with E-state index in [1.807, 2.05) is 4.90 Å². The first-order valence-corrected chi connectivity index (χ1v) is 12.4. The lowest BCUT2D eigenvalue weighted by atomic mass is 9.74. The first-order valence-electron chi connectivity index (χ1n) is 12.4. The zero-order valence-corrected chi connectivity index (χ0v) is 20.3. The van der Waals surface area contributed by atoms with Crippen molar-refractivity contribution in [1.82, 2.24) is 20.2 Å². The molecule has 0 spiro atoms. The molecule has 1 saturated carbocycles. The van der Waals surface area contributed by atoms with Crippen LogP contribution in [0.5, 0.6) is 0 Å². The number of alkyl halides is 3. The molecule has 3 unspecified atom stereocenters. The third-order valence-corrected chi connectivity index (χ3v) is 8.01. The van der Waals surface area contributed by atoms with Gasteiger partial charge in [-0.15, -0.1) is 0 Å². The molecule has 7 nitrogen and oxygen atoms in total. The monoisotopic (exact) mass is 483 g/mol. The van der Waals surface area contributed by atoms with Crippen molar-refractivity contribution in [3.8, 4) is 0 Å². The SMILES string of the molecule is CC1COCCC1NC1CC[C@@](C(=O)N2CCN(c3cc(C(F)(F)F)ncn3)CC2)(C(C)C)C1. The lowest BCUT2D eigenvalue weighted by molar-refractivity contribution is -0.145. The van der Waals surface area contributed by atoms with Crippen LogP contribution < -0.4 is 10.2 Å². The first kappa shape index (κ1) is 25.2. The minimum atomic E-state index is -4.51. The first-order chi connectivity index (χ1) is 16.1. The summed E-state index contributed by atoms with van der Waals surface area (Å²) in [5.41, 5.74) is -1.34. The summed E-state index contributed by atoms with van der Waals surface area (Å²) in [5, 5.41) is 3.82. The standard InChI is InChI=1S/C24H36F3N5O2/c1-16(2)23(6-4-18(13-23)30-19-5-11-34-14-17(19)3)22(33)32-9-7-31(8-10-32)21-12-20(24(25,26)27)28-15-29-21/h12,15-19,30H,4-11,13-14H2,1-3H3/t17?,18?,19?,23-/m0/s1. The maximum absolute atomic E-state index is 13.8. The molecule has 4 atom stereocenters. The van der Waals surface area contributed by atoms with Crippen LogP contribution in [-0.4, -0.2) is 72.3 Å². The van der Waals surface area contributed by atoms with Crippen LogP contribution in [0.15, 0.2) is 12.4 Å². The van der Waals surface area contributed by atoms with E-state index >= 15 is 0 Å². The topological polar surface area (TPSA) is 70.6 Å². The zero-order valence-electron chi connectivity index (χ0n) is 20.3. The molecule has 3 heterocycles. The Labute approximate surface area is 199 Å². The quantitative estimate of drug-likeness (QED) is 0.693. The van der Waals surface area contributed by atoms with Crippen LogP contribution in [0.2, 0.25) is 0 Å². The second kappa shape index (κ2) is 9.97. The lowest BCUT2D eigenvalue weighted by Crippen LogP contribution is -2.54. The summed E-state index contributed by atoms with van der Waals surface area (Å²) in [6.45, 7) is 9.90. The zero-order chi connectivity index (χ0) is 24.5. The molecule has 1 N–H and O–H groups in total. The van der Waals surface area contributed by atoms with Gasteiger partial charge in [0.1, 0.15) is 17.8 Å². The van der Waals surface area contributed by atoms with Gasteiger partial charge in [-0.3, -0.25) is 4.79 Å². The average molecular weight is 484 g/mol. The molecule has 1 aromatic rings. The second-order valence-electron chi connectivity index (χ2n) is 10.4. The summed E-state index contributed by atoms with van der Waals surface area (Å²) < 4.78 is 44.6. The van der Waals surface area contributed by atoms with E-state index in [4.69, 9.17) is 4.74 Å². The Hall–Kier alpha value is -1.94. The van der Waals surface area contributed by atoms with Gasteiger partial charge in [0.15, 0.2) is 0 Å². The molecule has 2 saturated heterocycles. The third-order valence-electron chi connectivity index (χ3n) is 8.01. The van der Waals surface area contributed by atoms with E-state index in [0.717, 1.165) is 51.3 Å². The number of piperazine rings is 1. The fourth-order valence-electron chi connectivity index (χ4n) is 5.74. The summed E-state index contributed by atoms with van der Waals surface area (Å²) in [6, 6.07) is 1.73. The number of carbonyl (C=O) groups is 1. The minimum Gasteiger partial charge on any atom is -0.381 e. The number of nitrogens with zero attached hydrogens (tertiary/aromatic N) is 4. The van der Waals surface area contributed by atoms with Crippen molar-refractivity contribution >= 4 is 11.7 Å². The highest BCUT2D eigenvalue weighted by molar-refractivity contribution is 5.83. The Balaban J connectivity index is 1.38. The minimum absolute atomic E-state index is 0.185. The molecule has 1 amide bonds.